The van der Waals surface area contributed by atoms with Gasteiger partial charge in [-0.15, -0.1) is 0 Å². The zero-order valence-electron chi connectivity index (χ0n) is 16.3. The van der Waals surface area contributed by atoms with Gasteiger partial charge in [0, 0.05) is 54.1 Å². The molecule has 3 heterocycles. The van der Waals surface area contributed by atoms with E-state index in [-0.39, 0.29) is 12.1 Å². The quantitative estimate of drug-likeness (QED) is 0.716. The van der Waals surface area contributed by atoms with Gasteiger partial charge in [-0.1, -0.05) is 36.8 Å². The number of hydrogen-bond acceptors (Lipinski definition) is 3. The van der Waals surface area contributed by atoms with Gasteiger partial charge >= 0.3 is 6.03 Å². The number of aromatic amines is 1. The summed E-state index contributed by atoms with van der Waals surface area (Å²) in [5, 5.41) is 11.0. The third-order valence-electron chi connectivity index (χ3n) is 6.23. The molecule has 0 bridgehead atoms. The first kappa shape index (κ1) is 17.9. The van der Waals surface area contributed by atoms with Gasteiger partial charge in [-0.2, -0.15) is 5.10 Å². The van der Waals surface area contributed by atoms with Crippen molar-refractivity contribution in [3.63, 3.8) is 0 Å². The highest BCUT2D eigenvalue weighted by molar-refractivity contribution is 5.76. The monoisotopic (exact) mass is 387 g/mol. The third kappa shape index (κ3) is 3.50. The molecule has 29 heavy (non-hydrogen) atoms. The topological polar surface area (TPSA) is 73.9 Å². The molecule has 2 atom stereocenters. The van der Waals surface area contributed by atoms with Crippen molar-refractivity contribution >= 4 is 6.03 Å². The van der Waals surface area contributed by atoms with Crippen molar-refractivity contribution in [2.45, 2.75) is 44.2 Å². The van der Waals surface area contributed by atoms with E-state index in [0.717, 1.165) is 48.2 Å². The minimum atomic E-state index is 0.0327. The summed E-state index contributed by atoms with van der Waals surface area (Å²) in [7, 11) is 0. The number of pyridine rings is 1. The molecule has 1 aliphatic carbocycles. The number of hydrogen-bond donors (Lipinski definition) is 2. The molecule has 1 aromatic carbocycles. The number of aromatic nitrogens is 3. The summed E-state index contributed by atoms with van der Waals surface area (Å²) in [6.07, 6.45) is 7.67. The molecule has 5 rings (SSSR count). The Kier molecular flexibility index (Phi) is 4.76. The molecule has 6 heteroatoms. The normalized spacial score (nSPS) is 21.0. The fraction of sp³-hybridized carbons (Fsp3) is 0.348. The highest BCUT2D eigenvalue weighted by Gasteiger charge is 2.32. The molecule has 1 saturated carbocycles. The Morgan fingerprint density at radius 2 is 1.93 bits per heavy atom. The average Bonchev–Trinajstić information content (AvgIpc) is 3.41. The summed E-state index contributed by atoms with van der Waals surface area (Å²) >= 11 is 0. The van der Waals surface area contributed by atoms with Crippen molar-refractivity contribution in [1.82, 2.24) is 25.4 Å². The molecule has 148 valence electrons. The van der Waals surface area contributed by atoms with Gasteiger partial charge in [-0.3, -0.25) is 10.1 Å². The van der Waals surface area contributed by atoms with E-state index in [0.29, 0.717) is 19.0 Å². The maximum atomic E-state index is 13.1. The molecule has 0 radical (unpaired) electrons. The fourth-order valence-electron chi connectivity index (χ4n) is 4.70. The molecular formula is C23H25N5O. The Balaban J connectivity index is 1.31. The largest absolute Gasteiger partial charge is 0.335 e. The molecule has 0 spiro atoms. The predicted molar refractivity (Wildman–Crippen MR) is 111 cm³/mol. The standard InChI is InChI=1S/C23H25N5O/c29-23(25-20-8-4-7-18(20)16-5-2-1-3-6-16)28-14-11-21-19(15-28)22(27-26-21)17-9-12-24-13-10-17/h1-3,5-6,9-10,12-13,18,20H,4,7-8,11,14-15H2,(H,25,29)(H,26,27). The van der Waals surface area contributed by atoms with Crippen LogP contribution in [0.2, 0.25) is 0 Å². The molecular weight excluding hydrogens is 362 g/mol. The number of carbonyl (C=O) groups is 1. The second kappa shape index (κ2) is 7.70. The number of carbonyl (C=O) groups excluding carboxylic acids is 1. The number of urea groups is 1. The SMILES string of the molecule is O=C(NC1CCCC1c1ccccc1)N1CCc2[nH]nc(-c3ccncc3)c2C1. The Morgan fingerprint density at radius 3 is 2.76 bits per heavy atom. The van der Waals surface area contributed by atoms with Gasteiger partial charge in [0.15, 0.2) is 0 Å². The molecule has 2 aromatic heterocycles. The molecule has 1 aliphatic heterocycles. The van der Waals surface area contributed by atoms with Crippen LogP contribution < -0.4 is 5.32 Å². The first-order valence-electron chi connectivity index (χ1n) is 10.4. The number of nitrogens with zero attached hydrogens (tertiary/aromatic N) is 3. The number of amides is 2. The Labute approximate surface area is 170 Å². The Hall–Kier alpha value is -3.15. The maximum Gasteiger partial charge on any atom is 0.317 e. The van der Waals surface area contributed by atoms with Crippen LogP contribution in [0.5, 0.6) is 0 Å². The summed E-state index contributed by atoms with van der Waals surface area (Å²) in [5.74, 6) is 0.404. The highest BCUT2D eigenvalue weighted by Crippen LogP contribution is 2.35. The smallest absolute Gasteiger partial charge is 0.317 e. The van der Waals surface area contributed by atoms with Crippen LogP contribution in [0, 0.1) is 0 Å². The lowest BCUT2D eigenvalue weighted by atomic mass is 9.94. The van der Waals surface area contributed by atoms with Crippen molar-refractivity contribution < 1.29 is 4.79 Å². The Morgan fingerprint density at radius 1 is 1.10 bits per heavy atom. The van der Waals surface area contributed by atoms with Crippen LogP contribution in [0.1, 0.15) is 42.0 Å². The maximum absolute atomic E-state index is 13.1. The molecule has 3 aromatic rings. The number of fused-ring (bicyclic) bond motifs is 1. The van der Waals surface area contributed by atoms with Gasteiger partial charge in [-0.25, -0.2) is 4.79 Å². The van der Waals surface area contributed by atoms with Crippen molar-refractivity contribution in [3.05, 3.63) is 71.7 Å². The first-order valence-corrected chi connectivity index (χ1v) is 10.4. The second-order valence-electron chi connectivity index (χ2n) is 7.94. The van der Waals surface area contributed by atoms with Crippen LogP contribution in [0.25, 0.3) is 11.3 Å². The van der Waals surface area contributed by atoms with Crippen LogP contribution >= 0.6 is 0 Å². The van der Waals surface area contributed by atoms with Crippen LogP contribution in [0.3, 0.4) is 0 Å². The van der Waals surface area contributed by atoms with Crippen molar-refractivity contribution in [2.75, 3.05) is 6.54 Å². The van der Waals surface area contributed by atoms with Crippen LogP contribution in [-0.4, -0.2) is 38.7 Å². The van der Waals surface area contributed by atoms with E-state index in [9.17, 15) is 4.79 Å². The number of rotatable bonds is 3. The lowest BCUT2D eigenvalue weighted by molar-refractivity contribution is 0.187. The summed E-state index contributed by atoms with van der Waals surface area (Å²) in [6.45, 7) is 1.29. The van der Waals surface area contributed by atoms with Crippen molar-refractivity contribution in [2.24, 2.45) is 0 Å². The summed E-state index contributed by atoms with van der Waals surface area (Å²) in [6, 6.07) is 14.7. The van der Waals surface area contributed by atoms with Crippen molar-refractivity contribution in [3.8, 4) is 11.3 Å². The summed E-state index contributed by atoms with van der Waals surface area (Å²) < 4.78 is 0. The average molecular weight is 387 g/mol. The van der Waals surface area contributed by atoms with Gasteiger partial charge in [0.05, 0.1) is 12.2 Å². The van der Waals surface area contributed by atoms with E-state index in [4.69, 9.17) is 0 Å². The summed E-state index contributed by atoms with van der Waals surface area (Å²) in [4.78, 5) is 19.1. The van der Waals surface area contributed by atoms with Crippen molar-refractivity contribution in [1.29, 1.82) is 0 Å². The first-order chi connectivity index (χ1) is 14.3. The molecule has 2 amide bonds. The van der Waals surface area contributed by atoms with E-state index < -0.39 is 0 Å². The number of benzene rings is 1. The lowest BCUT2D eigenvalue weighted by Crippen LogP contribution is -2.47. The second-order valence-corrected chi connectivity index (χ2v) is 7.94. The number of H-pyrrole nitrogens is 1. The molecule has 1 fully saturated rings. The minimum absolute atomic E-state index is 0.0327. The molecule has 2 unspecified atom stereocenters. The fourth-order valence-corrected chi connectivity index (χ4v) is 4.70. The number of nitrogens with one attached hydrogen (secondary N) is 2. The van der Waals surface area contributed by atoms with E-state index in [1.165, 1.54) is 5.56 Å². The van der Waals surface area contributed by atoms with Gasteiger partial charge in [0.1, 0.15) is 0 Å². The molecule has 6 nitrogen and oxygen atoms in total. The summed E-state index contributed by atoms with van der Waals surface area (Å²) in [5.41, 5.74) is 5.51. The van der Waals surface area contributed by atoms with E-state index in [1.54, 1.807) is 12.4 Å². The predicted octanol–water partition coefficient (Wildman–Crippen LogP) is 3.88. The minimum Gasteiger partial charge on any atom is -0.335 e. The zero-order valence-corrected chi connectivity index (χ0v) is 16.3. The lowest BCUT2D eigenvalue weighted by Gasteiger charge is -2.30. The zero-order chi connectivity index (χ0) is 19.6. The van der Waals surface area contributed by atoms with Gasteiger partial charge in [0.25, 0.3) is 0 Å². The van der Waals surface area contributed by atoms with Crippen LogP contribution in [0.4, 0.5) is 4.79 Å². The Bertz CT molecular complexity index is 985. The highest BCUT2D eigenvalue weighted by atomic mass is 16.2. The van der Waals surface area contributed by atoms with E-state index in [1.807, 2.05) is 23.1 Å². The van der Waals surface area contributed by atoms with Gasteiger partial charge in [-0.05, 0) is 30.5 Å². The van der Waals surface area contributed by atoms with Gasteiger partial charge in [0.2, 0.25) is 0 Å². The van der Waals surface area contributed by atoms with Gasteiger partial charge < -0.3 is 10.2 Å². The molecule has 2 aliphatic rings. The van der Waals surface area contributed by atoms with Crippen LogP contribution in [-0.2, 0) is 13.0 Å². The molecule has 2 N–H and O–H groups in total. The van der Waals surface area contributed by atoms with E-state index >= 15 is 0 Å². The van der Waals surface area contributed by atoms with E-state index in [2.05, 4.69) is 44.8 Å². The van der Waals surface area contributed by atoms with Crippen LogP contribution in [0.15, 0.2) is 54.9 Å². The third-order valence-corrected chi connectivity index (χ3v) is 6.23. The molecule has 0 saturated heterocycles.